The van der Waals surface area contributed by atoms with Gasteiger partial charge in [0.1, 0.15) is 10.7 Å². The van der Waals surface area contributed by atoms with Gasteiger partial charge in [0.05, 0.1) is 5.56 Å². The smallest absolute Gasteiger partial charge is 0.264 e. The lowest BCUT2D eigenvalue weighted by Gasteiger charge is -2.17. The number of amides is 1. The van der Waals surface area contributed by atoms with Crippen molar-refractivity contribution in [3.8, 4) is 0 Å². The minimum absolute atomic E-state index is 0.372. The largest absolute Gasteiger partial charge is 0.341 e. The molecule has 0 saturated heterocycles. The fraction of sp³-hybridized carbons (Fsp3) is 0.417. The molecule has 0 bridgehead atoms. The van der Waals surface area contributed by atoms with Crippen LogP contribution in [0.3, 0.4) is 0 Å². The number of hydrogen-bond donors (Lipinski definition) is 0. The summed E-state index contributed by atoms with van der Waals surface area (Å²) in [5, 5.41) is 0. The van der Waals surface area contributed by atoms with E-state index in [0.29, 0.717) is 24.6 Å². The predicted octanol–water partition coefficient (Wildman–Crippen LogP) is 2.37. The van der Waals surface area contributed by atoms with E-state index in [9.17, 15) is 22.0 Å². The number of benzene rings is 1. The lowest BCUT2D eigenvalue weighted by molar-refractivity contribution is 0.0783. The van der Waals surface area contributed by atoms with Crippen LogP contribution in [0, 0.1) is 17.6 Å². The summed E-state index contributed by atoms with van der Waals surface area (Å²) < 4.78 is 49.8. The Morgan fingerprint density at radius 3 is 2.50 bits per heavy atom. The summed E-state index contributed by atoms with van der Waals surface area (Å²) >= 11 is 0. The summed E-state index contributed by atoms with van der Waals surface area (Å²) in [6.07, 6.45) is 1.98. The molecule has 1 amide bonds. The lowest BCUT2D eigenvalue weighted by Crippen LogP contribution is -2.30. The van der Waals surface area contributed by atoms with Crippen molar-refractivity contribution in [2.45, 2.75) is 17.7 Å². The third-order valence-corrected chi connectivity index (χ3v) is 4.39. The second-order valence-electron chi connectivity index (χ2n) is 4.83. The maximum atomic E-state index is 14.0. The van der Waals surface area contributed by atoms with Gasteiger partial charge in [-0.1, -0.05) is 0 Å². The molecule has 1 fully saturated rings. The van der Waals surface area contributed by atoms with Crippen molar-refractivity contribution < 1.29 is 22.0 Å². The third-order valence-electron chi connectivity index (χ3n) is 3.07. The highest BCUT2D eigenvalue weighted by Crippen LogP contribution is 2.30. The summed E-state index contributed by atoms with van der Waals surface area (Å²) in [7, 11) is 2.02. The number of rotatable bonds is 4. The fourth-order valence-electron chi connectivity index (χ4n) is 1.87. The number of carbonyl (C=O) groups is 1. The first kappa shape index (κ1) is 15.2. The van der Waals surface area contributed by atoms with Gasteiger partial charge < -0.3 is 4.90 Å². The first-order valence-electron chi connectivity index (χ1n) is 5.89. The van der Waals surface area contributed by atoms with Crippen LogP contribution in [0.15, 0.2) is 17.0 Å². The Morgan fingerprint density at radius 1 is 1.40 bits per heavy atom. The van der Waals surface area contributed by atoms with Gasteiger partial charge in [-0.3, -0.25) is 4.79 Å². The van der Waals surface area contributed by atoms with E-state index in [1.807, 2.05) is 0 Å². The van der Waals surface area contributed by atoms with E-state index < -0.39 is 37.1 Å². The maximum absolute atomic E-state index is 14.0. The van der Waals surface area contributed by atoms with Crippen LogP contribution in [-0.4, -0.2) is 32.8 Å². The van der Waals surface area contributed by atoms with Gasteiger partial charge in [-0.2, -0.15) is 0 Å². The molecule has 1 aliphatic rings. The Labute approximate surface area is 119 Å². The van der Waals surface area contributed by atoms with E-state index in [0.717, 1.165) is 12.8 Å². The molecular weight excluding hydrogens is 312 g/mol. The SMILES string of the molecule is CN(CC1CC1)C(=O)c1cc(F)cc(S(=O)(=O)Cl)c1F. The van der Waals surface area contributed by atoms with Crippen LogP contribution in [0.4, 0.5) is 8.78 Å². The van der Waals surface area contributed by atoms with Gasteiger partial charge >= 0.3 is 0 Å². The van der Waals surface area contributed by atoms with Crippen molar-refractivity contribution in [1.82, 2.24) is 4.90 Å². The Kier molecular flexibility index (Phi) is 4.02. The first-order valence-corrected chi connectivity index (χ1v) is 8.20. The van der Waals surface area contributed by atoms with E-state index in [4.69, 9.17) is 10.7 Å². The average molecular weight is 324 g/mol. The van der Waals surface area contributed by atoms with Crippen molar-refractivity contribution in [3.63, 3.8) is 0 Å². The molecule has 0 atom stereocenters. The Morgan fingerprint density at radius 2 is 2.00 bits per heavy atom. The van der Waals surface area contributed by atoms with Gasteiger partial charge in [0, 0.05) is 24.3 Å². The number of carbonyl (C=O) groups excluding carboxylic acids is 1. The summed E-state index contributed by atoms with van der Waals surface area (Å²) in [4.78, 5) is 12.3. The van der Waals surface area contributed by atoms with Crippen LogP contribution in [0.1, 0.15) is 23.2 Å². The highest BCUT2D eigenvalue weighted by atomic mass is 35.7. The van der Waals surface area contributed by atoms with E-state index in [1.54, 1.807) is 0 Å². The molecule has 0 aliphatic heterocycles. The van der Waals surface area contributed by atoms with Crippen LogP contribution >= 0.6 is 10.7 Å². The lowest BCUT2D eigenvalue weighted by atomic mass is 10.1. The van der Waals surface area contributed by atoms with Gasteiger partial charge in [0.2, 0.25) is 0 Å². The second-order valence-corrected chi connectivity index (χ2v) is 7.37. The molecule has 8 heteroatoms. The van der Waals surface area contributed by atoms with Crippen molar-refractivity contribution in [2.75, 3.05) is 13.6 Å². The molecule has 1 aromatic rings. The molecule has 0 radical (unpaired) electrons. The van der Waals surface area contributed by atoms with E-state index in [2.05, 4.69) is 0 Å². The molecule has 2 rings (SSSR count). The summed E-state index contributed by atoms with van der Waals surface area (Å²) in [5.74, 6) is -2.75. The Balaban J connectivity index is 2.40. The summed E-state index contributed by atoms with van der Waals surface area (Å²) in [6.45, 7) is 0.428. The zero-order valence-corrected chi connectivity index (χ0v) is 12.1. The zero-order valence-electron chi connectivity index (χ0n) is 10.6. The molecular formula is C12H12ClF2NO3S. The Hall–Kier alpha value is -1.21. The summed E-state index contributed by atoms with van der Waals surface area (Å²) in [5.41, 5.74) is -0.632. The minimum atomic E-state index is -4.46. The Bertz CT molecular complexity index is 659. The van der Waals surface area contributed by atoms with Crippen LogP contribution in [0.25, 0.3) is 0 Å². The molecule has 0 spiro atoms. The van der Waals surface area contributed by atoms with Crippen LogP contribution in [-0.2, 0) is 9.05 Å². The molecule has 4 nitrogen and oxygen atoms in total. The van der Waals surface area contributed by atoms with Crippen LogP contribution in [0.2, 0.25) is 0 Å². The van der Waals surface area contributed by atoms with Crippen molar-refractivity contribution >= 4 is 25.6 Å². The monoisotopic (exact) mass is 323 g/mol. The topological polar surface area (TPSA) is 54.5 Å². The predicted molar refractivity (Wildman–Crippen MR) is 69.1 cm³/mol. The maximum Gasteiger partial charge on any atom is 0.264 e. The van der Waals surface area contributed by atoms with Gasteiger partial charge in [0.25, 0.3) is 15.0 Å². The molecule has 1 aromatic carbocycles. The van der Waals surface area contributed by atoms with Crippen molar-refractivity contribution in [3.05, 3.63) is 29.3 Å². The molecule has 0 heterocycles. The van der Waals surface area contributed by atoms with E-state index in [1.165, 1.54) is 11.9 Å². The molecule has 110 valence electrons. The standard InChI is InChI=1S/C12H12ClF2NO3S/c1-16(6-7-2-3-7)12(17)9-4-8(14)5-10(11(9)15)20(13,18)19/h4-5,7H,2-3,6H2,1H3. The third kappa shape index (κ3) is 3.27. The number of hydrogen-bond acceptors (Lipinski definition) is 3. The molecule has 0 aromatic heterocycles. The van der Waals surface area contributed by atoms with Crippen LogP contribution in [0.5, 0.6) is 0 Å². The quantitative estimate of drug-likeness (QED) is 0.799. The van der Waals surface area contributed by atoms with Crippen LogP contribution < -0.4 is 0 Å². The van der Waals surface area contributed by atoms with Gasteiger partial charge in [-0.05, 0) is 30.9 Å². The molecule has 0 unspecified atom stereocenters. The van der Waals surface area contributed by atoms with E-state index >= 15 is 0 Å². The zero-order chi connectivity index (χ0) is 15.1. The van der Waals surface area contributed by atoms with Gasteiger partial charge in [0.15, 0.2) is 5.82 Å². The molecule has 0 N–H and O–H groups in total. The van der Waals surface area contributed by atoms with E-state index in [-0.39, 0.29) is 0 Å². The summed E-state index contributed by atoms with van der Waals surface area (Å²) in [6, 6.07) is 1.13. The molecule has 1 saturated carbocycles. The first-order chi connectivity index (χ1) is 9.20. The van der Waals surface area contributed by atoms with Crippen molar-refractivity contribution in [1.29, 1.82) is 0 Å². The molecule has 1 aliphatic carbocycles. The molecule has 20 heavy (non-hydrogen) atoms. The van der Waals surface area contributed by atoms with Crippen molar-refractivity contribution in [2.24, 2.45) is 5.92 Å². The highest BCUT2D eigenvalue weighted by Gasteiger charge is 2.29. The fourth-order valence-corrected chi connectivity index (χ4v) is 2.79. The highest BCUT2D eigenvalue weighted by molar-refractivity contribution is 8.13. The number of nitrogens with zero attached hydrogens (tertiary/aromatic N) is 1. The second kappa shape index (κ2) is 5.29. The normalized spacial score (nSPS) is 15.2. The minimum Gasteiger partial charge on any atom is -0.341 e. The average Bonchev–Trinajstić information content (AvgIpc) is 3.13. The van der Waals surface area contributed by atoms with Gasteiger partial charge in [-0.25, -0.2) is 17.2 Å². The number of halogens is 3. The van der Waals surface area contributed by atoms with Gasteiger partial charge in [-0.15, -0.1) is 0 Å².